The first-order valence-corrected chi connectivity index (χ1v) is 7.04. The van der Waals surface area contributed by atoms with Gasteiger partial charge >= 0.3 is 0 Å². The van der Waals surface area contributed by atoms with Crippen molar-refractivity contribution in [1.82, 2.24) is 4.90 Å². The van der Waals surface area contributed by atoms with Crippen LogP contribution in [0.2, 0.25) is 0 Å². The minimum Gasteiger partial charge on any atom is -0.381 e. The first-order valence-electron chi connectivity index (χ1n) is 7.04. The second-order valence-corrected chi connectivity index (χ2v) is 5.49. The number of carbonyl (C=O) groups is 1. The molecule has 0 aromatic rings. The van der Waals surface area contributed by atoms with E-state index in [1.807, 2.05) is 7.11 Å². The van der Waals surface area contributed by atoms with Gasteiger partial charge in [0.1, 0.15) is 5.78 Å². The van der Waals surface area contributed by atoms with E-state index < -0.39 is 0 Å². The summed E-state index contributed by atoms with van der Waals surface area (Å²) < 4.78 is 5.49. The lowest BCUT2D eigenvalue weighted by Gasteiger charge is -2.40. The Morgan fingerprint density at radius 1 is 1.41 bits per heavy atom. The highest BCUT2D eigenvalue weighted by molar-refractivity contribution is 5.82. The Labute approximate surface area is 105 Å². The highest BCUT2D eigenvalue weighted by atomic mass is 16.5. The van der Waals surface area contributed by atoms with E-state index in [2.05, 4.69) is 11.8 Å². The fourth-order valence-electron chi connectivity index (χ4n) is 3.29. The zero-order valence-corrected chi connectivity index (χ0v) is 11.2. The van der Waals surface area contributed by atoms with E-state index in [0.29, 0.717) is 17.9 Å². The summed E-state index contributed by atoms with van der Waals surface area (Å²) in [7, 11) is 1.82. The molecule has 1 heterocycles. The predicted octanol–water partition coefficient (Wildman–Crippen LogP) is 2.25. The van der Waals surface area contributed by atoms with Crippen LogP contribution >= 0.6 is 0 Å². The van der Waals surface area contributed by atoms with Crippen LogP contribution < -0.4 is 0 Å². The van der Waals surface area contributed by atoms with E-state index in [1.165, 1.54) is 19.3 Å². The van der Waals surface area contributed by atoms with Crippen molar-refractivity contribution in [3.63, 3.8) is 0 Å². The molecular weight excluding hydrogens is 214 g/mol. The normalized spacial score (nSPS) is 36.1. The third kappa shape index (κ3) is 3.08. The molecule has 3 atom stereocenters. The van der Waals surface area contributed by atoms with E-state index in [4.69, 9.17) is 4.74 Å². The Morgan fingerprint density at radius 2 is 2.24 bits per heavy atom. The van der Waals surface area contributed by atoms with Gasteiger partial charge in [-0.05, 0) is 32.1 Å². The summed E-state index contributed by atoms with van der Waals surface area (Å²) in [5.74, 6) is 0.759. The molecule has 0 radical (unpaired) electrons. The molecule has 0 N–H and O–H groups in total. The van der Waals surface area contributed by atoms with Crippen LogP contribution in [0.4, 0.5) is 0 Å². The molecular formula is C14H25NO2. The highest BCUT2D eigenvalue weighted by Gasteiger charge is 2.32. The number of hydrogen-bond donors (Lipinski definition) is 0. The van der Waals surface area contributed by atoms with Crippen molar-refractivity contribution in [1.29, 1.82) is 0 Å². The van der Waals surface area contributed by atoms with Crippen LogP contribution in [0, 0.1) is 5.92 Å². The number of likely N-dealkylation sites (tertiary alicyclic amines) is 1. The fraction of sp³-hybridized carbons (Fsp3) is 0.929. The van der Waals surface area contributed by atoms with Gasteiger partial charge in [0.05, 0.1) is 6.10 Å². The summed E-state index contributed by atoms with van der Waals surface area (Å²) in [4.78, 5) is 14.3. The maximum atomic E-state index is 11.7. The Morgan fingerprint density at radius 3 is 2.94 bits per heavy atom. The SMILES string of the molecule is CCC1CN(C2CCCC(OC)C2)CCC1=O. The van der Waals surface area contributed by atoms with Crippen molar-refractivity contribution in [2.24, 2.45) is 5.92 Å². The van der Waals surface area contributed by atoms with Crippen molar-refractivity contribution in [2.45, 2.75) is 57.6 Å². The molecule has 1 aliphatic carbocycles. The zero-order chi connectivity index (χ0) is 12.3. The third-order valence-electron chi connectivity index (χ3n) is 4.50. The van der Waals surface area contributed by atoms with E-state index in [0.717, 1.165) is 32.4 Å². The van der Waals surface area contributed by atoms with E-state index in [1.54, 1.807) is 0 Å². The first-order chi connectivity index (χ1) is 8.24. The lowest BCUT2D eigenvalue weighted by Crippen LogP contribution is -2.48. The minimum absolute atomic E-state index is 0.284. The monoisotopic (exact) mass is 239 g/mol. The molecule has 98 valence electrons. The average molecular weight is 239 g/mol. The molecule has 2 fully saturated rings. The molecule has 1 saturated heterocycles. The standard InChI is InChI=1S/C14H25NO2/c1-3-11-10-15(8-7-14(11)16)12-5-4-6-13(9-12)17-2/h11-13H,3-10H2,1-2H3. The van der Waals surface area contributed by atoms with Gasteiger partial charge in [-0.2, -0.15) is 0 Å². The van der Waals surface area contributed by atoms with E-state index in [9.17, 15) is 4.79 Å². The molecule has 17 heavy (non-hydrogen) atoms. The zero-order valence-electron chi connectivity index (χ0n) is 11.2. The summed E-state index contributed by atoms with van der Waals surface area (Å²) in [5, 5.41) is 0. The maximum absolute atomic E-state index is 11.7. The Kier molecular flexibility index (Phi) is 4.57. The quantitative estimate of drug-likeness (QED) is 0.756. The van der Waals surface area contributed by atoms with Gasteiger partial charge in [0.15, 0.2) is 0 Å². The number of piperidine rings is 1. The van der Waals surface area contributed by atoms with Gasteiger partial charge in [-0.3, -0.25) is 9.69 Å². The number of hydrogen-bond acceptors (Lipinski definition) is 3. The van der Waals surface area contributed by atoms with Crippen LogP contribution in [0.15, 0.2) is 0 Å². The van der Waals surface area contributed by atoms with Crippen LogP contribution in [0.25, 0.3) is 0 Å². The summed E-state index contributed by atoms with van der Waals surface area (Å²) in [6, 6.07) is 0.649. The second-order valence-electron chi connectivity index (χ2n) is 5.49. The van der Waals surface area contributed by atoms with Gasteiger partial charge in [0.2, 0.25) is 0 Å². The largest absolute Gasteiger partial charge is 0.381 e. The highest BCUT2D eigenvalue weighted by Crippen LogP contribution is 2.28. The summed E-state index contributed by atoms with van der Waals surface area (Å²) in [6.07, 6.45) is 7.10. The Balaban J connectivity index is 1.91. The minimum atomic E-state index is 0.284. The molecule has 0 aromatic carbocycles. The number of rotatable bonds is 3. The lowest BCUT2D eigenvalue weighted by atomic mass is 9.87. The predicted molar refractivity (Wildman–Crippen MR) is 68.0 cm³/mol. The average Bonchev–Trinajstić information content (AvgIpc) is 2.39. The molecule has 2 aliphatic rings. The van der Waals surface area contributed by atoms with Gasteiger partial charge in [-0.1, -0.05) is 6.92 Å². The molecule has 2 rings (SSSR count). The van der Waals surface area contributed by atoms with Gasteiger partial charge in [0.25, 0.3) is 0 Å². The number of ketones is 1. The number of ether oxygens (including phenoxy) is 1. The van der Waals surface area contributed by atoms with Gasteiger partial charge in [-0.25, -0.2) is 0 Å². The van der Waals surface area contributed by atoms with Crippen LogP contribution in [-0.2, 0) is 9.53 Å². The Bertz CT molecular complexity index is 267. The summed E-state index contributed by atoms with van der Waals surface area (Å²) >= 11 is 0. The number of methoxy groups -OCH3 is 1. The maximum Gasteiger partial charge on any atom is 0.138 e. The van der Waals surface area contributed by atoms with E-state index in [-0.39, 0.29) is 5.92 Å². The summed E-state index contributed by atoms with van der Waals surface area (Å²) in [6.45, 7) is 4.08. The Hall–Kier alpha value is -0.410. The smallest absolute Gasteiger partial charge is 0.138 e. The van der Waals surface area contributed by atoms with Crippen molar-refractivity contribution in [2.75, 3.05) is 20.2 Å². The molecule has 3 heteroatoms. The topological polar surface area (TPSA) is 29.5 Å². The van der Waals surface area contributed by atoms with Gasteiger partial charge in [-0.15, -0.1) is 0 Å². The van der Waals surface area contributed by atoms with Crippen molar-refractivity contribution in [3.05, 3.63) is 0 Å². The van der Waals surface area contributed by atoms with Crippen molar-refractivity contribution < 1.29 is 9.53 Å². The number of Topliss-reactive ketones (excluding diaryl/α,β-unsaturated/α-hetero) is 1. The second kappa shape index (κ2) is 5.96. The number of carbonyl (C=O) groups excluding carboxylic acids is 1. The molecule has 0 bridgehead atoms. The van der Waals surface area contributed by atoms with Crippen LogP contribution in [-0.4, -0.2) is 43.0 Å². The van der Waals surface area contributed by atoms with Gasteiger partial charge < -0.3 is 4.74 Å². The van der Waals surface area contributed by atoms with Crippen LogP contribution in [0.1, 0.15) is 45.4 Å². The molecule has 0 aromatic heterocycles. The van der Waals surface area contributed by atoms with Gasteiger partial charge in [0, 0.05) is 38.6 Å². The van der Waals surface area contributed by atoms with Crippen LogP contribution in [0.5, 0.6) is 0 Å². The molecule has 3 nitrogen and oxygen atoms in total. The molecule has 3 unspecified atom stereocenters. The number of nitrogens with zero attached hydrogens (tertiary/aromatic N) is 1. The van der Waals surface area contributed by atoms with Crippen molar-refractivity contribution in [3.8, 4) is 0 Å². The third-order valence-corrected chi connectivity index (χ3v) is 4.50. The summed E-state index contributed by atoms with van der Waals surface area (Å²) in [5.41, 5.74) is 0. The van der Waals surface area contributed by atoms with Crippen LogP contribution in [0.3, 0.4) is 0 Å². The van der Waals surface area contributed by atoms with Crippen molar-refractivity contribution >= 4 is 5.78 Å². The van der Waals surface area contributed by atoms with E-state index >= 15 is 0 Å². The molecule has 1 aliphatic heterocycles. The lowest BCUT2D eigenvalue weighted by molar-refractivity contribution is -0.127. The fourth-order valence-corrected chi connectivity index (χ4v) is 3.29. The molecule has 0 amide bonds. The molecule has 0 spiro atoms. The first kappa shape index (κ1) is 13.0. The molecule has 1 saturated carbocycles.